The fourth-order valence-corrected chi connectivity index (χ4v) is 0. The molecule has 0 bridgehead atoms. The van der Waals surface area contributed by atoms with Crippen LogP contribution < -0.4 is 0 Å². The van der Waals surface area contributed by atoms with E-state index in [9.17, 15) is 4.79 Å². The fourth-order valence-electron chi connectivity index (χ4n) is 0. The standard InChI is InChI=1S/C3H5BrO.C2H6/c1-3(5)2-4;1-2/h2H2,1H3;1-2H3. The normalized spacial score (nSPS) is 6.29. The van der Waals surface area contributed by atoms with Crippen LogP contribution in [0.4, 0.5) is 0 Å². The van der Waals surface area contributed by atoms with E-state index in [0.29, 0.717) is 5.33 Å². The van der Waals surface area contributed by atoms with E-state index in [0.717, 1.165) is 0 Å². The Hall–Kier alpha value is 0.150. The molecular weight excluding hydrogens is 156 g/mol. The van der Waals surface area contributed by atoms with Crippen LogP contribution >= 0.6 is 15.9 Å². The smallest absolute Gasteiger partial charge is 0.140 e. The van der Waals surface area contributed by atoms with Crippen LogP contribution in [0.3, 0.4) is 0 Å². The lowest BCUT2D eigenvalue weighted by Gasteiger charge is -1.69. The van der Waals surface area contributed by atoms with Gasteiger partial charge in [-0.3, -0.25) is 4.79 Å². The highest BCUT2D eigenvalue weighted by Gasteiger charge is 1.78. The van der Waals surface area contributed by atoms with Crippen LogP contribution in [-0.2, 0) is 4.79 Å². The highest BCUT2D eigenvalue weighted by molar-refractivity contribution is 9.09. The zero-order valence-corrected chi connectivity index (χ0v) is 6.58. The van der Waals surface area contributed by atoms with E-state index in [2.05, 4.69) is 15.9 Å². The maximum atomic E-state index is 9.77. The highest BCUT2D eigenvalue weighted by atomic mass is 79.9. The molecule has 0 aromatic carbocycles. The molecule has 44 valence electrons. The zero-order chi connectivity index (χ0) is 6.28. The summed E-state index contributed by atoms with van der Waals surface area (Å²) in [6.07, 6.45) is 0. The van der Waals surface area contributed by atoms with Gasteiger partial charge in [-0.1, -0.05) is 29.8 Å². The van der Waals surface area contributed by atoms with Gasteiger partial charge >= 0.3 is 0 Å². The largest absolute Gasteiger partial charge is 0.299 e. The number of Topliss-reactive ketones (excluding diaryl/α,β-unsaturated/α-hetero) is 1. The van der Waals surface area contributed by atoms with Crippen LogP contribution in [0.5, 0.6) is 0 Å². The second-order valence-corrected chi connectivity index (χ2v) is 1.40. The maximum absolute atomic E-state index is 9.77. The van der Waals surface area contributed by atoms with Gasteiger partial charge in [0.05, 0.1) is 5.33 Å². The van der Waals surface area contributed by atoms with Gasteiger partial charge in [0, 0.05) is 0 Å². The van der Waals surface area contributed by atoms with Gasteiger partial charge in [0.25, 0.3) is 0 Å². The molecular formula is C5H11BrO. The van der Waals surface area contributed by atoms with Gasteiger partial charge in [0.15, 0.2) is 0 Å². The maximum Gasteiger partial charge on any atom is 0.140 e. The molecule has 0 N–H and O–H groups in total. The summed E-state index contributed by atoms with van der Waals surface area (Å²) in [6, 6.07) is 0. The van der Waals surface area contributed by atoms with Crippen LogP contribution in [0.25, 0.3) is 0 Å². The van der Waals surface area contributed by atoms with Crippen molar-refractivity contribution in [2.24, 2.45) is 0 Å². The number of carbonyl (C=O) groups excluding carboxylic acids is 1. The summed E-state index contributed by atoms with van der Waals surface area (Å²) < 4.78 is 0. The first-order valence-corrected chi connectivity index (χ1v) is 3.45. The molecule has 0 aromatic heterocycles. The van der Waals surface area contributed by atoms with Crippen molar-refractivity contribution >= 4 is 21.7 Å². The molecule has 1 nitrogen and oxygen atoms in total. The molecule has 0 unspecified atom stereocenters. The molecule has 0 heterocycles. The third-order valence-electron chi connectivity index (χ3n) is 0.188. The lowest BCUT2D eigenvalue weighted by molar-refractivity contribution is -0.114. The highest BCUT2D eigenvalue weighted by Crippen LogP contribution is 1.76. The molecule has 0 spiro atoms. The summed E-state index contributed by atoms with van der Waals surface area (Å²) in [6.45, 7) is 5.54. The predicted octanol–water partition coefficient (Wildman–Crippen LogP) is 2.00. The molecule has 0 atom stereocenters. The van der Waals surface area contributed by atoms with Crippen molar-refractivity contribution < 1.29 is 4.79 Å². The zero-order valence-electron chi connectivity index (χ0n) is 4.99. The van der Waals surface area contributed by atoms with Gasteiger partial charge in [-0.05, 0) is 6.92 Å². The molecule has 0 amide bonds. The van der Waals surface area contributed by atoms with E-state index in [1.165, 1.54) is 6.92 Å². The summed E-state index contributed by atoms with van der Waals surface area (Å²) in [4.78, 5) is 9.77. The number of hydrogen-bond donors (Lipinski definition) is 0. The Morgan fingerprint density at radius 3 is 1.71 bits per heavy atom. The molecule has 0 aliphatic carbocycles. The van der Waals surface area contributed by atoms with Crippen LogP contribution in [0, 0.1) is 0 Å². The quantitative estimate of drug-likeness (QED) is 0.546. The van der Waals surface area contributed by atoms with Crippen LogP contribution in [0.2, 0.25) is 0 Å². The fraction of sp³-hybridized carbons (Fsp3) is 0.800. The van der Waals surface area contributed by atoms with E-state index >= 15 is 0 Å². The molecule has 0 saturated heterocycles. The van der Waals surface area contributed by atoms with Crippen molar-refractivity contribution in [1.82, 2.24) is 0 Å². The van der Waals surface area contributed by atoms with Crippen LogP contribution in [0.15, 0.2) is 0 Å². The number of carbonyl (C=O) groups is 1. The third kappa shape index (κ3) is 22.9. The van der Waals surface area contributed by atoms with Gasteiger partial charge in [-0.2, -0.15) is 0 Å². The summed E-state index contributed by atoms with van der Waals surface area (Å²) >= 11 is 2.96. The second-order valence-electron chi connectivity index (χ2n) is 0.836. The topological polar surface area (TPSA) is 17.1 Å². The van der Waals surface area contributed by atoms with E-state index in [1.54, 1.807) is 0 Å². The van der Waals surface area contributed by atoms with Gasteiger partial charge in [-0.15, -0.1) is 0 Å². The first-order valence-electron chi connectivity index (χ1n) is 2.32. The van der Waals surface area contributed by atoms with Gasteiger partial charge in [-0.25, -0.2) is 0 Å². The summed E-state index contributed by atoms with van der Waals surface area (Å²) in [5.41, 5.74) is 0. The van der Waals surface area contributed by atoms with Crippen molar-refractivity contribution in [2.45, 2.75) is 20.8 Å². The second kappa shape index (κ2) is 9.47. The number of hydrogen-bond acceptors (Lipinski definition) is 1. The lowest BCUT2D eigenvalue weighted by Crippen LogP contribution is -1.85. The molecule has 0 fully saturated rings. The average molecular weight is 167 g/mol. The van der Waals surface area contributed by atoms with Crippen molar-refractivity contribution in [2.75, 3.05) is 5.33 Å². The Morgan fingerprint density at radius 2 is 1.71 bits per heavy atom. The number of halogens is 1. The van der Waals surface area contributed by atoms with Crippen molar-refractivity contribution in [3.63, 3.8) is 0 Å². The van der Waals surface area contributed by atoms with Crippen LogP contribution in [-0.4, -0.2) is 11.1 Å². The number of ketones is 1. The van der Waals surface area contributed by atoms with E-state index in [-0.39, 0.29) is 5.78 Å². The van der Waals surface area contributed by atoms with Gasteiger partial charge in [0.2, 0.25) is 0 Å². The Balaban J connectivity index is 0. The minimum Gasteiger partial charge on any atom is -0.299 e. The van der Waals surface area contributed by atoms with E-state index < -0.39 is 0 Å². The molecule has 0 aliphatic rings. The molecule has 0 saturated carbocycles. The summed E-state index contributed by atoms with van der Waals surface area (Å²) in [5.74, 6) is 0.171. The Labute approximate surface area is 53.2 Å². The first-order chi connectivity index (χ1) is 3.27. The van der Waals surface area contributed by atoms with E-state index in [1.807, 2.05) is 13.8 Å². The van der Waals surface area contributed by atoms with Crippen molar-refractivity contribution in [3.8, 4) is 0 Å². The predicted molar refractivity (Wildman–Crippen MR) is 35.8 cm³/mol. The van der Waals surface area contributed by atoms with Gasteiger partial charge < -0.3 is 0 Å². The number of alkyl halides is 1. The third-order valence-corrected chi connectivity index (χ3v) is 0.978. The Bertz CT molecular complexity index is 43.3. The molecule has 7 heavy (non-hydrogen) atoms. The summed E-state index contributed by atoms with van der Waals surface area (Å²) in [7, 11) is 0. The average Bonchev–Trinajstić information content (AvgIpc) is 1.73. The van der Waals surface area contributed by atoms with E-state index in [4.69, 9.17) is 0 Å². The van der Waals surface area contributed by atoms with Crippen molar-refractivity contribution in [3.05, 3.63) is 0 Å². The summed E-state index contributed by atoms with van der Waals surface area (Å²) in [5, 5.41) is 0.479. The van der Waals surface area contributed by atoms with Gasteiger partial charge in [0.1, 0.15) is 5.78 Å². The first kappa shape index (κ1) is 10.2. The SMILES string of the molecule is CC.CC(=O)CBr. The molecule has 0 rings (SSSR count). The Morgan fingerprint density at radius 1 is 1.57 bits per heavy atom. The molecule has 0 aliphatic heterocycles. The Kier molecular flexibility index (Phi) is 13.8. The number of rotatable bonds is 1. The van der Waals surface area contributed by atoms with Crippen LogP contribution in [0.1, 0.15) is 20.8 Å². The molecule has 0 aromatic rings. The molecule has 2 heteroatoms. The van der Waals surface area contributed by atoms with Crippen molar-refractivity contribution in [1.29, 1.82) is 0 Å². The monoisotopic (exact) mass is 166 g/mol. The molecule has 0 radical (unpaired) electrons. The minimum absolute atomic E-state index is 0.171. The minimum atomic E-state index is 0.171. The lowest BCUT2D eigenvalue weighted by atomic mass is 10.5.